The molecule has 0 bridgehead atoms. The first kappa shape index (κ1) is 15.9. The summed E-state index contributed by atoms with van der Waals surface area (Å²) in [4.78, 5) is 24.2. The molecule has 124 valence electrons. The van der Waals surface area contributed by atoms with Gasteiger partial charge in [0.2, 0.25) is 6.10 Å². The van der Waals surface area contributed by atoms with Gasteiger partial charge in [0, 0.05) is 5.69 Å². The van der Waals surface area contributed by atoms with E-state index in [9.17, 15) is 9.59 Å². The highest BCUT2D eigenvalue weighted by molar-refractivity contribution is 5.95. The number of esters is 1. The van der Waals surface area contributed by atoms with Crippen molar-refractivity contribution in [2.45, 2.75) is 19.1 Å². The van der Waals surface area contributed by atoms with Crippen LogP contribution in [-0.4, -0.2) is 30.7 Å². The Morgan fingerprint density at radius 3 is 2.50 bits per heavy atom. The molecular weight excluding hydrogens is 310 g/mol. The number of anilines is 1. The SMILES string of the molecule is C[C@@H](OC(=O)[C@@H]1COc2ccccc2O1)C(=O)Nc1ccccc1. The molecule has 3 rings (SSSR count). The highest BCUT2D eigenvalue weighted by atomic mass is 16.6. The minimum Gasteiger partial charge on any atom is -0.485 e. The van der Waals surface area contributed by atoms with Crippen molar-refractivity contribution in [1.82, 2.24) is 0 Å². The Morgan fingerprint density at radius 2 is 1.75 bits per heavy atom. The summed E-state index contributed by atoms with van der Waals surface area (Å²) in [6, 6.07) is 16.0. The summed E-state index contributed by atoms with van der Waals surface area (Å²) in [5.74, 6) is 0.00963. The summed E-state index contributed by atoms with van der Waals surface area (Å²) in [5, 5.41) is 2.68. The van der Waals surface area contributed by atoms with Crippen molar-refractivity contribution >= 4 is 17.6 Å². The van der Waals surface area contributed by atoms with Gasteiger partial charge in [-0.05, 0) is 31.2 Å². The van der Waals surface area contributed by atoms with Crippen molar-refractivity contribution in [3.8, 4) is 11.5 Å². The number of amides is 1. The number of fused-ring (bicyclic) bond motifs is 1. The second kappa shape index (κ2) is 7.04. The predicted octanol–water partition coefficient (Wildman–Crippen LogP) is 2.40. The molecule has 1 N–H and O–H groups in total. The standard InChI is InChI=1S/C18H17NO5/c1-12(17(20)19-13-7-3-2-4-8-13)23-18(21)16-11-22-14-9-5-6-10-15(14)24-16/h2-10,12,16H,11H2,1H3,(H,19,20)/t12-,16+/m1/s1. The third-order valence-electron chi connectivity index (χ3n) is 3.47. The minimum absolute atomic E-state index is 0.0445. The first-order valence-electron chi connectivity index (χ1n) is 7.58. The number of carbonyl (C=O) groups is 2. The lowest BCUT2D eigenvalue weighted by atomic mass is 10.2. The highest BCUT2D eigenvalue weighted by Crippen LogP contribution is 2.31. The van der Waals surface area contributed by atoms with Crippen molar-refractivity contribution in [1.29, 1.82) is 0 Å². The molecule has 6 heteroatoms. The first-order valence-corrected chi connectivity index (χ1v) is 7.58. The quantitative estimate of drug-likeness (QED) is 0.873. The van der Waals surface area contributed by atoms with Gasteiger partial charge in [0.15, 0.2) is 17.6 Å². The van der Waals surface area contributed by atoms with Gasteiger partial charge in [0.1, 0.15) is 6.61 Å². The average molecular weight is 327 g/mol. The monoisotopic (exact) mass is 327 g/mol. The zero-order chi connectivity index (χ0) is 16.9. The van der Waals surface area contributed by atoms with Crippen LogP contribution in [0.2, 0.25) is 0 Å². The summed E-state index contributed by atoms with van der Waals surface area (Å²) in [7, 11) is 0. The van der Waals surface area contributed by atoms with Gasteiger partial charge in [0.05, 0.1) is 0 Å². The molecule has 1 amide bonds. The lowest BCUT2D eigenvalue weighted by Crippen LogP contribution is -2.41. The molecule has 0 unspecified atom stereocenters. The molecule has 2 atom stereocenters. The van der Waals surface area contributed by atoms with E-state index < -0.39 is 24.1 Å². The number of para-hydroxylation sites is 3. The maximum atomic E-state index is 12.2. The van der Waals surface area contributed by atoms with E-state index in [2.05, 4.69) is 5.32 Å². The van der Waals surface area contributed by atoms with Crippen LogP contribution in [-0.2, 0) is 14.3 Å². The van der Waals surface area contributed by atoms with E-state index in [-0.39, 0.29) is 6.61 Å². The maximum absolute atomic E-state index is 12.2. The Bertz CT molecular complexity index is 731. The van der Waals surface area contributed by atoms with Crippen molar-refractivity contribution in [3.63, 3.8) is 0 Å². The minimum atomic E-state index is -0.946. The zero-order valence-electron chi connectivity index (χ0n) is 13.1. The van der Waals surface area contributed by atoms with Gasteiger partial charge in [-0.25, -0.2) is 4.79 Å². The van der Waals surface area contributed by atoms with Gasteiger partial charge < -0.3 is 19.5 Å². The number of rotatable bonds is 4. The number of nitrogens with one attached hydrogen (secondary N) is 1. The van der Waals surface area contributed by atoms with Crippen LogP contribution in [0, 0.1) is 0 Å². The Kier molecular flexibility index (Phi) is 4.65. The van der Waals surface area contributed by atoms with Crippen molar-refractivity contribution in [3.05, 3.63) is 54.6 Å². The molecule has 0 saturated heterocycles. The lowest BCUT2D eigenvalue weighted by molar-refractivity contribution is -0.162. The fourth-order valence-electron chi connectivity index (χ4n) is 2.20. The highest BCUT2D eigenvalue weighted by Gasteiger charge is 2.31. The zero-order valence-corrected chi connectivity index (χ0v) is 13.1. The van der Waals surface area contributed by atoms with Gasteiger partial charge in [-0.15, -0.1) is 0 Å². The van der Waals surface area contributed by atoms with Crippen LogP contribution in [0.5, 0.6) is 11.5 Å². The van der Waals surface area contributed by atoms with Crippen LogP contribution >= 0.6 is 0 Å². The number of ether oxygens (including phenoxy) is 3. The fourth-order valence-corrected chi connectivity index (χ4v) is 2.20. The van der Waals surface area contributed by atoms with E-state index in [0.717, 1.165) is 0 Å². The summed E-state index contributed by atoms with van der Waals surface area (Å²) >= 11 is 0. The van der Waals surface area contributed by atoms with Crippen LogP contribution in [0.1, 0.15) is 6.92 Å². The smallest absolute Gasteiger partial charge is 0.351 e. The number of carbonyl (C=O) groups excluding carboxylic acids is 2. The molecule has 0 saturated carbocycles. The molecule has 0 aliphatic carbocycles. The van der Waals surface area contributed by atoms with Gasteiger partial charge >= 0.3 is 5.97 Å². The van der Waals surface area contributed by atoms with Crippen LogP contribution in [0.15, 0.2) is 54.6 Å². The number of benzene rings is 2. The molecule has 1 heterocycles. The van der Waals surface area contributed by atoms with Gasteiger partial charge in [-0.2, -0.15) is 0 Å². The summed E-state index contributed by atoms with van der Waals surface area (Å²) < 4.78 is 16.2. The molecule has 24 heavy (non-hydrogen) atoms. The van der Waals surface area contributed by atoms with Crippen molar-refractivity contribution in [2.24, 2.45) is 0 Å². The van der Waals surface area contributed by atoms with Crippen LogP contribution in [0.3, 0.4) is 0 Å². The molecular formula is C18H17NO5. The summed E-state index contributed by atoms with van der Waals surface area (Å²) in [6.45, 7) is 1.55. The van der Waals surface area contributed by atoms with E-state index >= 15 is 0 Å². The first-order chi connectivity index (χ1) is 11.6. The average Bonchev–Trinajstić information content (AvgIpc) is 2.62. The van der Waals surface area contributed by atoms with E-state index in [0.29, 0.717) is 17.2 Å². The van der Waals surface area contributed by atoms with Gasteiger partial charge in [-0.1, -0.05) is 30.3 Å². The second-order valence-electron chi connectivity index (χ2n) is 5.30. The van der Waals surface area contributed by atoms with E-state index in [4.69, 9.17) is 14.2 Å². The molecule has 1 aliphatic heterocycles. The van der Waals surface area contributed by atoms with Gasteiger partial charge in [0.25, 0.3) is 5.91 Å². The summed E-state index contributed by atoms with van der Waals surface area (Å²) in [5.41, 5.74) is 0.636. The topological polar surface area (TPSA) is 73.9 Å². The number of hydrogen-bond acceptors (Lipinski definition) is 5. The number of hydrogen-bond donors (Lipinski definition) is 1. The maximum Gasteiger partial charge on any atom is 0.351 e. The second-order valence-corrected chi connectivity index (χ2v) is 5.30. The third-order valence-corrected chi connectivity index (χ3v) is 3.47. The molecule has 2 aromatic rings. The van der Waals surface area contributed by atoms with Crippen LogP contribution in [0.25, 0.3) is 0 Å². The molecule has 6 nitrogen and oxygen atoms in total. The summed E-state index contributed by atoms with van der Waals surface area (Å²) in [6.07, 6.45) is -1.84. The van der Waals surface area contributed by atoms with Gasteiger partial charge in [-0.3, -0.25) is 4.79 Å². The predicted molar refractivity (Wildman–Crippen MR) is 87.0 cm³/mol. The molecule has 0 fully saturated rings. The van der Waals surface area contributed by atoms with E-state index in [1.807, 2.05) is 12.1 Å². The van der Waals surface area contributed by atoms with Crippen molar-refractivity contribution in [2.75, 3.05) is 11.9 Å². The normalized spacial score (nSPS) is 16.8. The van der Waals surface area contributed by atoms with Crippen molar-refractivity contribution < 1.29 is 23.8 Å². The fraction of sp³-hybridized carbons (Fsp3) is 0.222. The van der Waals surface area contributed by atoms with E-state index in [1.165, 1.54) is 6.92 Å². The Balaban J connectivity index is 1.56. The molecule has 2 aromatic carbocycles. The third kappa shape index (κ3) is 3.65. The molecule has 0 spiro atoms. The molecule has 0 aromatic heterocycles. The Morgan fingerprint density at radius 1 is 1.08 bits per heavy atom. The Hall–Kier alpha value is -3.02. The largest absolute Gasteiger partial charge is 0.485 e. The van der Waals surface area contributed by atoms with Crippen LogP contribution < -0.4 is 14.8 Å². The molecule has 1 aliphatic rings. The Labute approximate surface area is 139 Å². The molecule has 0 radical (unpaired) electrons. The van der Waals surface area contributed by atoms with Crippen LogP contribution in [0.4, 0.5) is 5.69 Å². The lowest BCUT2D eigenvalue weighted by Gasteiger charge is -2.25. The van der Waals surface area contributed by atoms with E-state index in [1.54, 1.807) is 42.5 Å².